The fourth-order valence-corrected chi connectivity index (χ4v) is 5.25. The zero-order valence-corrected chi connectivity index (χ0v) is 18.0. The summed E-state index contributed by atoms with van der Waals surface area (Å²) in [7, 11) is -3.93. The Morgan fingerprint density at radius 1 is 1.21 bits per heavy atom. The van der Waals surface area contributed by atoms with E-state index < -0.39 is 28.1 Å². The molecule has 0 bridgehead atoms. The van der Waals surface area contributed by atoms with E-state index in [0.717, 1.165) is 25.5 Å². The average Bonchev–Trinajstić information content (AvgIpc) is 3.05. The highest BCUT2D eigenvalue weighted by Gasteiger charge is 2.44. The monoisotopic (exact) mass is 467 g/mol. The predicted molar refractivity (Wildman–Crippen MR) is 108 cm³/mol. The van der Waals surface area contributed by atoms with Gasteiger partial charge >= 0.3 is 5.97 Å². The second-order valence-electron chi connectivity index (χ2n) is 6.93. The standard InChI is InChI=1S/C20H22BrNO5S/c1-13-7-8-17(9-14(13)2)28(25,26)22-11-16(23)10-19(22)20(24)27-12-15-5-3-4-6-18(15)21/h3-9,16,19,23H,10-12H2,1-2H3. The van der Waals surface area contributed by atoms with Crippen molar-refractivity contribution in [1.82, 2.24) is 4.31 Å². The van der Waals surface area contributed by atoms with Gasteiger partial charge < -0.3 is 9.84 Å². The number of aryl methyl sites for hydroxylation is 2. The van der Waals surface area contributed by atoms with Crippen LogP contribution in [0.3, 0.4) is 0 Å². The lowest BCUT2D eigenvalue weighted by atomic mass is 10.1. The summed E-state index contributed by atoms with van der Waals surface area (Å²) < 4.78 is 33.4. The first-order valence-corrected chi connectivity index (χ1v) is 11.1. The Bertz CT molecular complexity index is 992. The summed E-state index contributed by atoms with van der Waals surface area (Å²) in [5, 5.41) is 10.0. The Morgan fingerprint density at radius 3 is 2.61 bits per heavy atom. The third-order valence-corrected chi connectivity index (χ3v) is 7.56. The molecule has 1 aliphatic rings. The highest BCUT2D eigenvalue weighted by Crippen LogP contribution is 2.28. The summed E-state index contributed by atoms with van der Waals surface area (Å²) in [6.45, 7) is 3.61. The van der Waals surface area contributed by atoms with E-state index in [4.69, 9.17) is 4.74 Å². The van der Waals surface area contributed by atoms with E-state index in [1.807, 2.05) is 38.1 Å². The number of β-amino-alcohol motifs (C(OH)–C–C–N with tert-alkyl or cyclic N) is 1. The first-order valence-electron chi connectivity index (χ1n) is 8.87. The van der Waals surface area contributed by atoms with Crippen molar-refractivity contribution in [3.63, 3.8) is 0 Å². The van der Waals surface area contributed by atoms with E-state index in [9.17, 15) is 18.3 Å². The van der Waals surface area contributed by atoms with Crippen molar-refractivity contribution in [1.29, 1.82) is 0 Å². The number of hydrogen-bond acceptors (Lipinski definition) is 5. The maximum absolute atomic E-state index is 13.1. The number of sulfonamides is 1. The van der Waals surface area contributed by atoms with E-state index in [2.05, 4.69) is 15.9 Å². The van der Waals surface area contributed by atoms with Crippen LogP contribution >= 0.6 is 15.9 Å². The molecule has 0 amide bonds. The van der Waals surface area contributed by atoms with Gasteiger partial charge in [-0.2, -0.15) is 4.31 Å². The third kappa shape index (κ3) is 4.30. The summed E-state index contributed by atoms with van der Waals surface area (Å²) in [5.74, 6) is -0.667. The van der Waals surface area contributed by atoms with Crippen molar-refractivity contribution in [2.75, 3.05) is 6.54 Å². The van der Waals surface area contributed by atoms with Crippen LogP contribution in [0, 0.1) is 13.8 Å². The molecule has 28 heavy (non-hydrogen) atoms. The van der Waals surface area contributed by atoms with Crippen LogP contribution < -0.4 is 0 Å². The third-order valence-electron chi connectivity index (χ3n) is 4.92. The number of aliphatic hydroxyl groups excluding tert-OH is 1. The normalized spacial score (nSPS) is 20.3. The molecule has 8 heteroatoms. The van der Waals surface area contributed by atoms with Crippen LogP contribution in [-0.4, -0.2) is 42.5 Å². The molecule has 2 aromatic carbocycles. The van der Waals surface area contributed by atoms with Crippen LogP contribution in [0.5, 0.6) is 0 Å². The fourth-order valence-electron chi connectivity index (χ4n) is 3.13. The molecule has 6 nitrogen and oxygen atoms in total. The van der Waals surface area contributed by atoms with Crippen molar-refractivity contribution < 1.29 is 23.1 Å². The second-order valence-corrected chi connectivity index (χ2v) is 9.67. The summed E-state index contributed by atoms with van der Waals surface area (Å²) in [6.07, 6.45) is -0.902. The number of esters is 1. The molecule has 2 unspecified atom stereocenters. The van der Waals surface area contributed by atoms with Gasteiger partial charge in [0, 0.05) is 23.0 Å². The molecule has 1 N–H and O–H groups in total. The molecule has 2 aromatic rings. The fraction of sp³-hybridized carbons (Fsp3) is 0.350. The minimum Gasteiger partial charge on any atom is -0.460 e. The van der Waals surface area contributed by atoms with Crippen LogP contribution in [0.1, 0.15) is 23.1 Å². The Labute approximate surface area is 173 Å². The van der Waals surface area contributed by atoms with E-state index in [-0.39, 0.29) is 24.5 Å². The lowest BCUT2D eigenvalue weighted by Crippen LogP contribution is -2.41. The predicted octanol–water partition coefficient (Wildman–Crippen LogP) is 2.93. The number of hydrogen-bond donors (Lipinski definition) is 1. The molecule has 0 radical (unpaired) electrons. The Hall–Kier alpha value is -1.74. The number of nitrogens with zero attached hydrogens (tertiary/aromatic N) is 1. The van der Waals surface area contributed by atoms with Gasteiger partial charge in [-0.1, -0.05) is 40.2 Å². The van der Waals surface area contributed by atoms with E-state index in [1.165, 1.54) is 6.07 Å². The van der Waals surface area contributed by atoms with Gasteiger partial charge in [0.15, 0.2) is 0 Å². The minimum absolute atomic E-state index is 0.0128. The molecule has 1 aliphatic heterocycles. The number of ether oxygens (including phenoxy) is 1. The number of benzene rings is 2. The van der Waals surface area contributed by atoms with Crippen LogP contribution in [0.15, 0.2) is 51.8 Å². The van der Waals surface area contributed by atoms with Crippen molar-refractivity contribution in [3.8, 4) is 0 Å². The Kier molecular flexibility index (Phi) is 6.24. The van der Waals surface area contributed by atoms with Gasteiger partial charge in [-0.3, -0.25) is 4.79 Å². The van der Waals surface area contributed by atoms with Crippen molar-refractivity contribution in [3.05, 3.63) is 63.6 Å². The topological polar surface area (TPSA) is 83.9 Å². The molecule has 0 saturated carbocycles. The van der Waals surface area contributed by atoms with Crippen LogP contribution in [0.25, 0.3) is 0 Å². The molecule has 1 fully saturated rings. The highest BCUT2D eigenvalue weighted by atomic mass is 79.9. The van der Waals surface area contributed by atoms with Crippen molar-refractivity contribution in [2.24, 2.45) is 0 Å². The van der Waals surface area contributed by atoms with Crippen LogP contribution in [0.2, 0.25) is 0 Å². The summed E-state index contributed by atoms with van der Waals surface area (Å²) in [4.78, 5) is 12.7. The summed E-state index contributed by atoms with van der Waals surface area (Å²) in [6, 6.07) is 11.1. The van der Waals surface area contributed by atoms with Gasteiger partial charge in [-0.15, -0.1) is 0 Å². The first kappa shape index (κ1) is 21.0. The lowest BCUT2D eigenvalue weighted by Gasteiger charge is -2.23. The van der Waals surface area contributed by atoms with Crippen LogP contribution in [0.4, 0.5) is 0 Å². The number of rotatable bonds is 5. The number of carbonyl (C=O) groups is 1. The number of carbonyl (C=O) groups excluding carboxylic acids is 1. The van der Waals surface area contributed by atoms with E-state index in [0.29, 0.717) is 0 Å². The molecule has 2 atom stereocenters. The zero-order valence-electron chi connectivity index (χ0n) is 15.6. The molecule has 0 aliphatic carbocycles. The van der Waals surface area contributed by atoms with Gasteiger partial charge in [0.1, 0.15) is 12.6 Å². The maximum Gasteiger partial charge on any atom is 0.324 e. The molecule has 150 valence electrons. The molecule has 0 aromatic heterocycles. The van der Waals surface area contributed by atoms with E-state index in [1.54, 1.807) is 12.1 Å². The zero-order chi connectivity index (χ0) is 20.5. The van der Waals surface area contributed by atoms with Crippen LogP contribution in [-0.2, 0) is 26.2 Å². The van der Waals surface area contributed by atoms with Gasteiger partial charge in [0.2, 0.25) is 10.0 Å². The molecular formula is C20H22BrNO5S. The number of aliphatic hydroxyl groups is 1. The summed E-state index contributed by atoms with van der Waals surface area (Å²) in [5.41, 5.74) is 2.59. The largest absolute Gasteiger partial charge is 0.460 e. The summed E-state index contributed by atoms with van der Waals surface area (Å²) >= 11 is 3.39. The molecule has 3 rings (SSSR count). The van der Waals surface area contributed by atoms with Gasteiger partial charge in [0.05, 0.1) is 11.0 Å². The Morgan fingerprint density at radius 2 is 1.93 bits per heavy atom. The van der Waals surface area contributed by atoms with Gasteiger partial charge in [-0.05, 0) is 43.2 Å². The average molecular weight is 468 g/mol. The van der Waals surface area contributed by atoms with Gasteiger partial charge in [0.25, 0.3) is 0 Å². The first-order chi connectivity index (χ1) is 13.2. The number of halogens is 1. The maximum atomic E-state index is 13.1. The Balaban J connectivity index is 1.81. The smallest absolute Gasteiger partial charge is 0.324 e. The molecular weight excluding hydrogens is 446 g/mol. The molecule has 1 saturated heterocycles. The minimum atomic E-state index is -3.93. The van der Waals surface area contributed by atoms with Crippen molar-refractivity contribution in [2.45, 2.75) is 43.9 Å². The van der Waals surface area contributed by atoms with E-state index >= 15 is 0 Å². The lowest BCUT2D eigenvalue weighted by molar-refractivity contribution is -0.148. The molecule has 1 heterocycles. The quantitative estimate of drug-likeness (QED) is 0.683. The van der Waals surface area contributed by atoms with Crippen molar-refractivity contribution >= 4 is 31.9 Å². The highest BCUT2D eigenvalue weighted by molar-refractivity contribution is 9.10. The molecule has 0 spiro atoms. The van der Waals surface area contributed by atoms with Gasteiger partial charge in [-0.25, -0.2) is 8.42 Å². The SMILES string of the molecule is Cc1ccc(S(=O)(=O)N2CC(O)CC2C(=O)OCc2ccccc2Br)cc1C. The second kappa shape index (κ2) is 8.32.